The molecule has 0 radical (unpaired) electrons. The number of esters is 4. The lowest BCUT2D eigenvalue weighted by Crippen LogP contribution is -2.40. The molecule has 1 heterocycles. The maximum absolute atomic E-state index is 12.6. The number of likely N-dealkylation sites (N-methyl/N-ethyl adjacent to an activating group) is 1. The van der Waals surface area contributed by atoms with Crippen LogP contribution in [-0.4, -0.2) is 114 Å². The largest absolute Gasteiger partial charge is 0.465 e. The number of hydrogen-bond donors (Lipinski definition) is 5. The normalized spacial score (nSPS) is 15.2. The van der Waals surface area contributed by atoms with Gasteiger partial charge in [-0.2, -0.15) is 0 Å². The van der Waals surface area contributed by atoms with Crippen LogP contribution in [0.5, 0.6) is 0 Å². The molecule has 7 N–H and O–H groups in total. The summed E-state index contributed by atoms with van der Waals surface area (Å²) in [6.45, 7) is 23.9. The van der Waals surface area contributed by atoms with Gasteiger partial charge in [0.2, 0.25) is 0 Å². The van der Waals surface area contributed by atoms with Gasteiger partial charge in [-0.05, 0) is 87.1 Å². The highest BCUT2D eigenvalue weighted by Gasteiger charge is 2.44. The van der Waals surface area contributed by atoms with E-state index in [1.165, 1.54) is 0 Å². The highest BCUT2D eigenvalue weighted by molar-refractivity contribution is 5.81. The van der Waals surface area contributed by atoms with Gasteiger partial charge in [0.05, 0.1) is 41.5 Å². The van der Waals surface area contributed by atoms with Crippen molar-refractivity contribution in [1.82, 2.24) is 10.6 Å². The summed E-state index contributed by atoms with van der Waals surface area (Å²) in [5.74, 6) is -1.17. The molecule has 0 spiro atoms. The van der Waals surface area contributed by atoms with E-state index >= 15 is 0 Å². The fraction of sp³-hybridized carbons (Fsp3) is 0.915. The van der Waals surface area contributed by atoms with E-state index in [2.05, 4.69) is 24.5 Å². The Hall–Kier alpha value is -2.36. The Morgan fingerprint density at radius 2 is 1.07 bits per heavy atom. The van der Waals surface area contributed by atoms with Crippen molar-refractivity contribution < 1.29 is 48.0 Å². The standard InChI is InChI=1S/C22H44N2O5.C19H34O5.C2H8N2.4CH4/c1-7-9-10-11-14-28-20(27)22(5,8-2)17-21(3,4)19(26)29-16-18(25)15-24-13-12-23-6;1-6-8-9-10-11-22-17(21)19(5,7-2)14-18(3,4)16(20)24-13-15-12-23-15;3-1-2-4;;;;/h18,23-25H,7-17H2,1-6H3;15H,6-14H2,1-5H3;1-4H2;4*1H4. The minimum atomic E-state index is -0.856. The van der Waals surface area contributed by atoms with Gasteiger partial charge in [0, 0.05) is 32.7 Å². The van der Waals surface area contributed by atoms with Gasteiger partial charge in [-0.15, -0.1) is 0 Å². The lowest BCUT2D eigenvalue weighted by molar-refractivity contribution is -0.165. The third-order valence-electron chi connectivity index (χ3n) is 10.1. The lowest BCUT2D eigenvalue weighted by Gasteiger charge is -2.33. The van der Waals surface area contributed by atoms with Gasteiger partial charge in [-0.1, -0.05) is 95.9 Å². The van der Waals surface area contributed by atoms with Crippen molar-refractivity contribution in [3.8, 4) is 0 Å². The molecule has 0 aromatic carbocycles. The van der Waals surface area contributed by atoms with E-state index in [0.717, 1.165) is 64.5 Å². The maximum atomic E-state index is 12.6. The van der Waals surface area contributed by atoms with Gasteiger partial charge in [-0.3, -0.25) is 19.2 Å². The van der Waals surface area contributed by atoms with E-state index in [1.807, 2.05) is 48.6 Å². The van der Waals surface area contributed by atoms with Crippen LogP contribution in [0.2, 0.25) is 0 Å². The molecule has 4 atom stereocenters. The number of epoxide rings is 1. The number of carbonyl (C=O) groups is 4. The van der Waals surface area contributed by atoms with Crippen LogP contribution >= 0.6 is 0 Å². The average Bonchev–Trinajstić information content (AvgIpc) is 4.01. The van der Waals surface area contributed by atoms with E-state index in [4.69, 9.17) is 35.2 Å². The minimum Gasteiger partial charge on any atom is -0.465 e. The summed E-state index contributed by atoms with van der Waals surface area (Å²) >= 11 is 0. The van der Waals surface area contributed by atoms with E-state index < -0.39 is 33.7 Å². The van der Waals surface area contributed by atoms with Crippen LogP contribution in [-0.2, 0) is 42.9 Å². The minimum absolute atomic E-state index is 0. The summed E-state index contributed by atoms with van der Waals surface area (Å²) in [7, 11) is 1.86. The number of ether oxygens (including phenoxy) is 5. The van der Waals surface area contributed by atoms with Crippen LogP contribution in [0.4, 0.5) is 0 Å². The third-order valence-corrected chi connectivity index (χ3v) is 10.1. The van der Waals surface area contributed by atoms with E-state index in [0.29, 0.717) is 71.7 Å². The second-order valence-electron chi connectivity index (χ2n) is 17.0. The Kier molecular flexibility index (Phi) is 45.2. The Morgan fingerprint density at radius 1 is 0.656 bits per heavy atom. The SMILES string of the molecule is C.C.C.C.CCCCCCOC(=O)C(C)(CC)CC(C)(C)C(=O)OCC(O)CNCCNC.CCCCCCOC(=O)C(C)(CC)CC(C)(C)C(=O)OCC1CO1.NCCN. The molecule has 14 nitrogen and oxygen atoms in total. The van der Waals surface area contributed by atoms with Crippen molar-refractivity contribution in [3.05, 3.63) is 0 Å². The zero-order chi connectivity index (χ0) is 44.0. The number of nitrogens with two attached hydrogens (primary N) is 2. The first kappa shape index (κ1) is 70.3. The third kappa shape index (κ3) is 32.9. The predicted octanol–water partition coefficient (Wildman–Crippen LogP) is 7.99. The number of aliphatic hydroxyl groups excluding tert-OH is 1. The molecule has 0 aromatic heterocycles. The Bertz CT molecular complexity index is 1090. The summed E-state index contributed by atoms with van der Waals surface area (Å²) in [4.78, 5) is 50.0. The Balaban J connectivity index is -0.000000217. The molecule has 0 bridgehead atoms. The van der Waals surface area contributed by atoms with Crippen LogP contribution < -0.4 is 22.1 Å². The molecule has 14 heteroatoms. The van der Waals surface area contributed by atoms with Crippen LogP contribution in [0.1, 0.15) is 176 Å². The summed E-state index contributed by atoms with van der Waals surface area (Å²) < 4.78 is 26.6. The summed E-state index contributed by atoms with van der Waals surface area (Å²) in [5, 5.41) is 16.0. The van der Waals surface area contributed by atoms with Crippen LogP contribution in [0.3, 0.4) is 0 Å². The molecule has 61 heavy (non-hydrogen) atoms. The number of hydrogen-bond acceptors (Lipinski definition) is 14. The predicted molar refractivity (Wildman–Crippen MR) is 253 cm³/mol. The molecule has 0 amide bonds. The van der Waals surface area contributed by atoms with Crippen molar-refractivity contribution in [2.75, 3.05) is 72.8 Å². The first-order chi connectivity index (χ1) is 26.8. The molecule has 370 valence electrons. The molecular weight excluding hydrogens is 781 g/mol. The van der Waals surface area contributed by atoms with Crippen molar-refractivity contribution >= 4 is 23.9 Å². The van der Waals surface area contributed by atoms with Crippen molar-refractivity contribution in [2.24, 2.45) is 33.1 Å². The Morgan fingerprint density at radius 3 is 1.41 bits per heavy atom. The molecule has 1 aliphatic rings. The first-order valence-corrected chi connectivity index (χ1v) is 21.5. The molecule has 1 saturated heterocycles. The van der Waals surface area contributed by atoms with Gasteiger partial charge in [0.25, 0.3) is 0 Å². The van der Waals surface area contributed by atoms with Gasteiger partial charge >= 0.3 is 23.9 Å². The fourth-order valence-corrected chi connectivity index (χ4v) is 5.95. The molecular formula is C47H102N4O10. The smallest absolute Gasteiger partial charge is 0.311 e. The van der Waals surface area contributed by atoms with Crippen LogP contribution in [0, 0.1) is 21.7 Å². The number of unbranched alkanes of at least 4 members (excludes halogenated alkanes) is 6. The monoisotopic (exact) mass is 883 g/mol. The fourth-order valence-electron chi connectivity index (χ4n) is 5.95. The summed E-state index contributed by atoms with van der Waals surface area (Å²) in [5.41, 5.74) is 6.79. The molecule has 0 saturated carbocycles. The highest BCUT2D eigenvalue weighted by atomic mass is 16.6. The second-order valence-corrected chi connectivity index (χ2v) is 17.0. The molecule has 1 fully saturated rings. The molecule has 1 rings (SSSR count). The summed E-state index contributed by atoms with van der Waals surface area (Å²) in [6.07, 6.45) is 9.71. The Labute approximate surface area is 375 Å². The number of carbonyl (C=O) groups excluding carboxylic acids is 4. The lowest BCUT2D eigenvalue weighted by atomic mass is 9.72. The molecule has 0 aromatic rings. The van der Waals surface area contributed by atoms with Gasteiger partial charge in [-0.25, -0.2) is 0 Å². The van der Waals surface area contributed by atoms with Crippen molar-refractivity contribution in [3.63, 3.8) is 0 Å². The van der Waals surface area contributed by atoms with Crippen LogP contribution in [0.25, 0.3) is 0 Å². The first-order valence-electron chi connectivity index (χ1n) is 21.5. The molecule has 1 aliphatic heterocycles. The van der Waals surface area contributed by atoms with Gasteiger partial charge < -0.3 is 50.9 Å². The number of rotatable bonds is 30. The van der Waals surface area contributed by atoms with Gasteiger partial charge in [0.15, 0.2) is 0 Å². The number of aliphatic hydroxyl groups is 1. The van der Waals surface area contributed by atoms with Crippen molar-refractivity contribution in [2.45, 2.75) is 188 Å². The summed E-state index contributed by atoms with van der Waals surface area (Å²) in [6, 6.07) is 0. The molecule has 0 aliphatic carbocycles. The van der Waals surface area contributed by atoms with Gasteiger partial charge in [0.1, 0.15) is 25.4 Å². The molecule has 4 unspecified atom stereocenters. The zero-order valence-corrected chi connectivity index (χ0v) is 38.0. The zero-order valence-electron chi connectivity index (χ0n) is 38.0. The van der Waals surface area contributed by atoms with Crippen LogP contribution in [0.15, 0.2) is 0 Å². The van der Waals surface area contributed by atoms with E-state index in [9.17, 15) is 24.3 Å². The topological polar surface area (TPSA) is 214 Å². The highest BCUT2D eigenvalue weighted by Crippen LogP contribution is 2.40. The second kappa shape index (κ2) is 39.2. The van der Waals surface area contributed by atoms with E-state index in [1.54, 1.807) is 13.8 Å². The van der Waals surface area contributed by atoms with E-state index in [-0.39, 0.29) is 60.3 Å². The maximum Gasteiger partial charge on any atom is 0.311 e. The average molecular weight is 883 g/mol. The van der Waals surface area contributed by atoms with Crippen molar-refractivity contribution in [1.29, 1.82) is 0 Å². The quantitative estimate of drug-likeness (QED) is 0.0200. The number of nitrogens with one attached hydrogen (secondary N) is 2.